The number of hydrogen-bond donors (Lipinski definition) is 0. The second-order valence-electron chi connectivity index (χ2n) is 29.6. The van der Waals surface area contributed by atoms with E-state index in [1.807, 2.05) is 142 Å². The molecule has 0 spiro atoms. The minimum Gasteiger partial charge on any atom is -0.201 e. The highest BCUT2D eigenvalue weighted by molar-refractivity contribution is 5.85. The van der Waals surface area contributed by atoms with Crippen molar-refractivity contribution in [2.75, 3.05) is 0 Å². The van der Waals surface area contributed by atoms with Gasteiger partial charge in [0.05, 0.1) is 0 Å². The molecule has 0 aliphatic heterocycles. The second-order valence-corrected chi connectivity index (χ2v) is 29.6. The molecule has 4 heterocycles. The smallest absolute Gasteiger partial charge is 0.201 e. The summed E-state index contributed by atoms with van der Waals surface area (Å²) in [6, 6.07) is 79.5. The summed E-state index contributed by atoms with van der Waals surface area (Å²) in [7, 11) is 6.81. The summed E-state index contributed by atoms with van der Waals surface area (Å²) in [6.45, 7) is -24.3. The molecule has 0 fully saturated rings. The molecule has 0 unspecified atom stereocenters. The highest BCUT2D eigenvalue weighted by Gasteiger charge is 2.26. The summed E-state index contributed by atoms with van der Waals surface area (Å²) in [6.07, 6.45) is 5.89. The molecule has 0 radical (unpaired) electrons. The third-order valence-corrected chi connectivity index (χ3v) is 21.2. The molecule has 0 aliphatic rings. The van der Waals surface area contributed by atoms with Gasteiger partial charge in [0, 0.05) is 122 Å². The lowest BCUT2D eigenvalue weighted by Gasteiger charge is -2.16. The van der Waals surface area contributed by atoms with Gasteiger partial charge in [0.1, 0.15) is 28.2 Å². The van der Waals surface area contributed by atoms with Crippen LogP contribution < -0.4 is 18.3 Å². The van der Waals surface area contributed by atoms with Crippen molar-refractivity contribution in [1.82, 2.24) is 0 Å². The van der Waals surface area contributed by atoms with Crippen LogP contribution in [0.2, 0.25) is 0 Å². The molecule has 0 atom stereocenters. The van der Waals surface area contributed by atoms with Gasteiger partial charge in [0.2, 0.25) is 22.8 Å². The zero-order valence-corrected chi connectivity index (χ0v) is 67.2. The predicted molar refractivity (Wildman–Crippen MR) is 501 cm³/mol. The Balaban J connectivity index is 0.000000174. The van der Waals surface area contributed by atoms with Crippen LogP contribution in [0.1, 0.15) is 154 Å². The Morgan fingerprint density at radius 3 is 0.712 bits per heavy atom. The normalized spacial score (nSPS) is 17.2. The Kier molecular flexibility index (Phi) is 14.4. The lowest BCUT2D eigenvalue weighted by Crippen LogP contribution is -2.31. The van der Waals surface area contributed by atoms with E-state index >= 15 is 0 Å². The number of benzene rings is 12. The topological polar surface area (TPSA) is 15.5 Å². The number of rotatable bonds is 12. The van der Waals surface area contributed by atoms with Gasteiger partial charge in [-0.15, -0.1) is 0 Å². The number of hydrogen-bond acceptors (Lipinski definition) is 0. The molecule has 16 rings (SSSR count). The molecule has 4 heteroatoms. The minimum atomic E-state index is -2.75. The van der Waals surface area contributed by atoms with Crippen molar-refractivity contribution in [1.29, 1.82) is 0 Å². The molecule has 588 valence electrons. The van der Waals surface area contributed by atoms with Crippen LogP contribution in [0.15, 0.2) is 304 Å². The molecule has 0 saturated heterocycles. The summed E-state index contributed by atoms with van der Waals surface area (Å²) in [5.41, 5.74) is 14.5. The van der Waals surface area contributed by atoms with E-state index in [9.17, 15) is 0 Å². The summed E-state index contributed by atoms with van der Waals surface area (Å²) >= 11 is 0. The maximum atomic E-state index is 8.29. The monoisotopic (exact) mass is 1580 g/mol. The van der Waals surface area contributed by atoms with Crippen molar-refractivity contribution < 1.29 is 71.7 Å². The number of pyridine rings is 4. The molecule has 12 aromatic carbocycles. The van der Waals surface area contributed by atoms with Crippen LogP contribution in [-0.2, 0) is 28.2 Å². The number of nitrogens with zero attached hydrogens (tertiary/aromatic N) is 4. The summed E-state index contributed by atoms with van der Waals surface area (Å²) < 4.78 is 325. The maximum absolute atomic E-state index is 8.29. The van der Waals surface area contributed by atoms with Gasteiger partial charge >= 0.3 is 0 Å². The number of aromatic nitrogens is 4. The lowest BCUT2D eigenvalue weighted by atomic mass is 9.89. The Hall–Kier alpha value is -12.8. The molecule has 4 nitrogen and oxygen atoms in total. The third kappa shape index (κ3) is 18.1. The average molecular weight is 1580 g/mol. The fourth-order valence-corrected chi connectivity index (χ4v) is 15.2. The van der Waals surface area contributed by atoms with Crippen LogP contribution in [-0.4, -0.2) is 0 Å². The van der Waals surface area contributed by atoms with E-state index in [0.717, 1.165) is 33.5 Å². The quantitative estimate of drug-likeness (QED) is 0.108. The Bertz CT molecular complexity index is 7800. The molecule has 0 amide bonds. The van der Waals surface area contributed by atoms with Gasteiger partial charge in [-0.05, 0) is 309 Å². The maximum Gasteiger partial charge on any atom is 0.213 e. The van der Waals surface area contributed by atoms with Gasteiger partial charge in [-0.2, -0.15) is 0 Å². The fourth-order valence-electron chi connectivity index (χ4n) is 15.2. The van der Waals surface area contributed by atoms with Crippen LogP contribution in [0.5, 0.6) is 0 Å². The zero-order valence-electron chi connectivity index (χ0n) is 106. The highest BCUT2D eigenvalue weighted by Crippen LogP contribution is 2.41. The van der Waals surface area contributed by atoms with Crippen LogP contribution in [0.25, 0.3) is 134 Å². The standard InChI is InChI=1S/C30H32N.C29H30N.C28H28N.C27H26N/c1-19-13-22(4)30(23(5)14-19)28-17-29(31(7)18-24(28)6)27-16-26(20(2)15-21(27)3)25-11-9-8-10-12-25;1-19-11-10-12-20(2)29(19)27-17-28(30(6)18-23(27)5)26-16-25(21(3)15-22(26)4)24-13-8-7-9-14-24;1-19-11-9-10-14-24(19)26-17-28(29(5)18-22(26)4)27-16-25(20(2)15-21(27)3)23-12-7-6-8-13-23;1-19-15-20(2)26(16-24(19)22-11-7-5-8-12-22)27-17-25(21(3)18-28(27)4)23-13-9-6-10-14-23/h8-18H,1-7H3;7-18H,1-6H3;6-18H,1-5H3;5-18H,1-4H3/q4*+1/i2D3,4D3,5D3,6D3;1D3,2D3,3D3,5D3;1D3,2D3,4D3;1D3,3D3. The van der Waals surface area contributed by atoms with Gasteiger partial charge in [-0.3, -0.25) is 0 Å². The van der Waals surface area contributed by atoms with Gasteiger partial charge in [-0.25, -0.2) is 18.3 Å². The molecule has 0 aliphatic carbocycles. The molecule has 118 heavy (non-hydrogen) atoms. The molecule has 0 N–H and O–H groups in total. The minimum absolute atomic E-state index is 0.0282. The first-order valence-corrected chi connectivity index (χ1v) is 38.3. The fraction of sp³-hybridized carbons (Fsp3) is 0.193. The SMILES string of the molecule is [2H]C([2H])([2H])c1cc(C)c(-c2cc(-c3c(C([2H])([2H])[2H])cc(C)cc3C([2H])([2H])[2H])c(C([2H])([2H])[2H])c[n+]2C)cc1-c1ccccc1.[2H]C([2H])([2H])c1cc(C)c(-c2cc(-c3c(C([2H])([2H])[2H])cccc3C([2H])([2H])[2H])c(C([2H])([2H])[2H])c[n+]2C)cc1-c1ccccc1.[2H]C([2H])([2H])c1cc(C)c(-c2cc(-c3ccccc3)c(C([2H])([2H])[2H])c[n+]2C)cc1-c1ccccc1.[2H]C([2H])([2H])c1cc(C)c(-c2cc(-c3ccccc3C([2H])([2H])[2H])c(C([2H])([2H])[2H])c[n+]2C)cc1-c1ccccc1. The first-order valence-electron chi connectivity index (χ1n) is 57.8. The van der Waals surface area contributed by atoms with Gasteiger partial charge < -0.3 is 0 Å². The van der Waals surface area contributed by atoms with E-state index in [1.54, 1.807) is 176 Å². The van der Waals surface area contributed by atoms with E-state index in [1.165, 1.54) is 67.1 Å². The third-order valence-electron chi connectivity index (χ3n) is 21.2. The molecule has 0 saturated carbocycles. The Labute approximate surface area is 759 Å². The van der Waals surface area contributed by atoms with Crippen LogP contribution in [0.4, 0.5) is 0 Å². The number of aryl methyl sites for hydroxylation is 22. The van der Waals surface area contributed by atoms with E-state index in [0.29, 0.717) is 112 Å². The van der Waals surface area contributed by atoms with Gasteiger partial charge in [0.25, 0.3) is 0 Å². The van der Waals surface area contributed by atoms with Crippen LogP contribution in [0, 0.1) is 124 Å². The highest BCUT2D eigenvalue weighted by atomic mass is 14.9. The predicted octanol–water partition coefficient (Wildman–Crippen LogP) is 27.6. The van der Waals surface area contributed by atoms with Crippen molar-refractivity contribution in [3.05, 3.63) is 404 Å². The molecular formula is C114H116N4+4. The molecule has 4 aromatic heterocycles. The second kappa shape index (κ2) is 36.2. The van der Waals surface area contributed by atoms with Gasteiger partial charge in [-0.1, -0.05) is 236 Å². The van der Waals surface area contributed by atoms with Crippen molar-refractivity contribution in [3.63, 3.8) is 0 Å². The average Bonchev–Trinajstić information content (AvgIpc) is 0.726. The summed E-state index contributed by atoms with van der Waals surface area (Å²) in [5.74, 6) is 0. The Morgan fingerprint density at radius 2 is 0.407 bits per heavy atom. The van der Waals surface area contributed by atoms with E-state index in [2.05, 4.69) is 0 Å². The first-order chi connectivity index (χ1) is 72.4. The Morgan fingerprint density at radius 1 is 0.169 bits per heavy atom. The van der Waals surface area contributed by atoms with E-state index in [4.69, 9.17) is 53.5 Å². The van der Waals surface area contributed by atoms with Crippen molar-refractivity contribution in [2.45, 2.75) is 124 Å². The summed E-state index contributed by atoms with van der Waals surface area (Å²) in [5, 5.41) is 0. The zero-order chi connectivity index (χ0) is 116. The van der Waals surface area contributed by atoms with Crippen molar-refractivity contribution >= 4 is 0 Å². The largest absolute Gasteiger partial charge is 0.213 e. The van der Waals surface area contributed by atoms with Crippen molar-refractivity contribution in [3.8, 4) is 134 Å². The van der Waals surface area contributed by atoms with Crippen LogP contribution in [0.3, 0.4) is 0 Å². The van der Waals surface area contributed by atoms with E-state index in [-0.39, 0.29) is 89.0 Å². The van der Waals surface area contributed by atoms with Crippen LogP contribution >= 0.6 is 0 Å². The molecule has 16 aromatic rings. The summed E-state index contributed by atoms with van der Waals surface area (Å²) in [4.78, 5) is 0. The molecular weight excluding hydrogens is 1430 g/mol. The first kappa shape index (κ1) is 46.8. The van der Waals surface area contributed by atoms with E-state index < -0.39 is 89.1 Å². The molecule has 0 bridgehead atoms. The van der Waals surface area contributed by atoms with Crippen molar-refractivity contribution in [2.24, 2.45) is 28.2 Å². The lowest BCUT2D eigenvalue weighted by molar-refractivity contribution is -0.660. The van der Waals surface area contributed by atoms with Gasteiger partial charge in [0.15, 0.2) is 24.8 Å².